The molecule has 0 bridgehead atoms. The molecule has 13 aromatic rings. The van der Waals surface area contributed by atoms with E-state index >= 15 is 0 Å². The Bertz CT molecular complexity index is 3930. The van der Waals surface area contributed by atoms with E-state index in [1.54, 1.807) is 0 Å². The fraction of sp³-hybridized carbons (Fsp3) is 0. The molecule has 332 valence electrons. The van der Waals surface area contributed by atoms with E-state index in [-0.39, 0.29) is 0 Å². The van der Waals surface area contributed by atoms with Crippen molar-refractivity contribution in [1.82, 2.24) is 24.3 Å². The molecule has 0 saturated heterocycles. The Morgan fingerprint density at radius 3 is 1.14 bits per heavy atom. The lowest BCUT2D eigenvalue weighted by atomic mass is 9.86. The maximum absolute atomic E-state index is 5.26. The third kappa shape index (κ3) is 7.63. The van der Waals surface area contributed by atoms with Gasteiger partial charge in [0, 0.05) is 62.7 Å². The zero-order chi connectivity index (χ0) is 47.1. The van der Waals surface area contributed by atoms with Crippen molar-refractivity contribution in [1.29, 1.82) is 0 Å². The molecule has 0 radical (unpaired) electrons. The van der Waals surface area contributed by atoms with Crippen molar-refractivity contribution in [2.45, 2.75) is 0 Å². The van der Waals surface area contributed by atoms with E-state index in [1.165, 1.54) is 0 Å². The van der Waals surface area contributed by atoms with Gasteiger partial charge in [0.25, 0.3) is 0 Å². The van der Waals surface area contributed by atoms with Gasteiger partial charge < -0.3 is 0 Å². The number of benzene rings is 8. The van der Waals surface area contributed by atoms with Crippen LogP contribution in [0.25, 0.3) is 128 Å². The fourth-order valence-corrected chi connectivity index (χ4v) is 10.2. The summed E-state index contributed by atoms with van der Waals surface area (Å²) in [5, 5.41) is 2.07. The summed E-state index contributed by atoms with van der Waals surface area (Å²) in [4.78, 5) is 20.3. The van der Waals surface area contributed by atoms with Crippen molar-refractivity contribution in [3.05, 3.63) is 261 Å². The van der Waals surface area contributed by atoms with Gasteiger partial charge in [-0.1, -0.05) is 194 Å². The smallest absolute Gasteiger partial charge is 0.147 e. The van der Waals surface area contributed by atoms with Crippen LogP contribution in [-0.2, 0) is 0 Å². The van der Waals surface area contributed by atoms with Crippen molar-refractivity contribution in [3.63, 3.8) is 0 Å². The SMILES string of the molecule is c1ccc(-c2ccc(-c3ccccc3-c3cc(-c4ccccc4-c4ccc(-c5ccccc5)nc4)cc(-c4ccccc4-c4cnc5c6ccccc6n6c(-c7ccccc7)cnc6c5c4)c3)cn2)cc1. The largest absolute Gasteiger partial charge is 0.292 e. The molecule has 0 saturated carbocycles. The average molecular weight is 906 g/mol. The number of rotatable bonds is 9. The first-order chi connectivity index (χ1) is 35.2. The second kappa shape index (κ2) is 17.8. The normalized spacial score (nSPS) is 11.4. The molecule has 0 aliphatic carbocycles. The molecule has 8 aromatic carbocycles. The number of aromatic nitrogens is 5. The number of nitrogens with zero attached hydrogens (tertiary/aromatic N) is 5. The summed E-state index contributed by atoms with van der Waals surface area (Å²) in [6.45, 7) is 0. The average Bonchev–Trinajstić information content (AvgIpc) is 3.92. The van der Waals surface area contributed by atoms with Crippen LogP contribution in [0.3, 0.4) is 0 Å². The predicted molar refractivity (Wildman–Crippen MR) is 293 cm³/mol. The standard InChI is InChI=1S/C66H43N5/c1-4-18-44(19-5-1)61-34-32-47(40-67-61)53-24-10-12-26-55(53)49-36-50(56-27-13-11-25-54(56)48-33-35-62(68-41-48)45-20-6-2-7-21-45)38-51(37-49)57-28-14-15-29-58(57)52-39-60-65(69-42-52)59-30-16-17-31-63(59)71-64(43-70-66(60)71)46-22-8-3-9-23-46/h1-43H. The third-order valence-electron chi connectivity index (χ3n) is 13.6. The van der Waals surface area contributed by atoms with Crippen molar-refractivity contribution < 1.29 is 0 Å². The van der Waals surface area contributed by atoms with Gasteiger partial charge in [-0.3, -0.25) is 19.4 Å². The molecule has 0 atom stereocenters. The summed E-state index contributed by atoms with van der Waals surface area (Å²) in [5.41, 5.74) is 22.1. The highest BCUT2D eigenvalue weighted by molar-refractivity contribution is 6.11. The Morgan fingerprint density at radius 2 is 0.662 bits per heavy atom. The molecule has 5 nitrogen and oxygen atoms in total. The Kier molecular flexibility index (Phi) is 10.4. The second-order valence-electron chi connectivity index (χ2n) is 17.8. The number of fused-ring (bicyclic) bond motifs is 6. The van der Waals surface area contributed by atoms with E-state index in [9.17, 15) is 0 Å². The summed E-state index contributed by atoms with van der Waals surface area (Å²) in [7, 11) is 0. The maximum atomic E-state index is 5.26. The first-order valence-electron chi connectivity index (χ1n) is 23.9. The highest BCUT2D eigenvalue weighted by Gasteiger charge is 2.20. The molecule has 13 rings (SSSR count). The molecule has 0 spiro atoms. The van der Waals surface area contributed by atoms with Crippen LogP contribution >= 0.6 is 0 Å². The summed E-state index contributed by atoms with van der Waals surface area (Å²) in [6, 6.07) is 83.6. The maximum Gasteiger partial charge on any atom is 0.147 e. The van der Waals surface area contributed by atoms with Crippen LogP contribution in [-0.4, -0.2) is 24.3 Å². The van der Waals surface area contributed by atoms with Gasteiger partial charge in [0.1, 0.15) is 5.65 Å². The molecule has 0 unspecified atom stereocenters. The van der Waals surface area contributed by atoms with E-state index in [0.29, 0.717) is 0 Å². The minimum Gasteiger partial charge on any atom is -0.292 e. The lowest BCUT2D eigenvalue weighted by molar-refractivity contribution is 1.26. The van der Waals surface area contributed by atoms with Crippen LogP contribution in [0.4, 0.5) is 0 Å². The molecule has 5 heterocycles. The number of hydrogen-bond acceptors (Lipinski definition) is 4. The van der Waals surface area contributed by atoms with Crippen molar-refractivity contribution in [2.75, 3.05) is 0 Å². The molecular weight excluding hydrogens is 863 g/mol. The first-order valence-corrected chi connectivity index (χ1v) is 23.9. The van der Waals surface area contributed by atoms with Crippen LogP contribution in [0.15, 0.2) is 261 Å². The Balaban J connectivity index is 0.992. The van der Waals surface area contributed by atoms with Gasteiger partial charge in [-0.2, -0.15) is 0 Å². The topological polar surface area (TPSA) is 56.0 Å². The number of imidazole rings is 1. The molecule has 0 fully saturated rings. The van der Waals surface area contributed by atoms with Crippen LogP contribution in [0, 0.1) is 0 Å². The van der Waals surface area contributed by atoms with Crippen LogP contribution in [0.2, 0.25) is 0 Å². The van der Waals surface area contributed by atoms with Gasteiger partial charge in [-0.15, -0.1) is 0 Å². The minimum absolute atomic E-state index is 0.875. The van der Waals surface area contributed by atoms with E-state index in [4.69, 9.17) is 19.9 Å². The van der Waals surface area contributed by atoms with E-state index < -0.39 is 0 Å². The predicted octanol–water partition coefficient (Wildman–Crippen LogP) is 16.8. The van der Waals surface area contributed by atoms with Gasteiger partial charge in [0.15, 0.2) is 0 Å². The molecule has 0 aliphatic heterocycles. The van der Waals surface area contributed by atoms with Gasteiger partial charge in [-0.05, 0) is 92.5 Å². The number of para-hydroxylation sites is 1. The molecule has 71 heavy (non-hydrogen) atoms. The highest BCUT2D eigenvalue weighted by atomic mass is 15.0. The Labute approximate surface area is 411 Å². The van der Waals surface area contributed by atoms with E-state index in [2.05, 4.69) is 229 Å². The minimum atomic E-state index is 0.875. The molecule has 5 aromatic heterocycles. The highest BCUT2D eigenvalue weighted by Crippen LogP contribution is 2.43. The Morgan fingerprint density at radius 1 is 0.254 bits per heavy atom. The molecule has 0 aliphatic rings. The van der Waals surface area contributed by atoms with Crippen molar-refractivity contribution in [2.24, 2.45) is 0 Å². The summed E-state index contributed by atoms with van der Waals surface area (Å²) < 4.78 is 2.28. The summed E-state index contributed by atoms with van der Waals surface area (Å²) in [5.74, 6) is 0. The number of pyridine rings is 4. The first kappa shape index (κ1) is 41.6. The van der Waals surface area contributed by atoms with E-state index in [0.717, 1.165) is 128 Å². The monoisotopic (exact) mass is 905 g/mol. The zero-order valence-electron chi connectivity index (χ0n) is 38.6. The van der Waals surface area contributed by atoms with Gasteiger partial charge in [0.05, 0.1) is 34.3 Å². The van der Waals surface area contributed by atoms with E-state index in [1.807, 2.05) is 36.9 Å². The van der Waals surface area contributed by atoms with Crippen molar-refractivity contribution in [3.8, 4) is 101 Å². The second-order valence-corrected chi connectivity index (χ2v) is 17.8. The molecule has 0 amide bonds. The molecule has 5 heteroatoms. The summed E-state index contributed by atoms with van der Waals surface area (Å²) >= 11 is 0. The van der Waals surface area contributed by atoms with Gasteiger partial charge >= 0.3 is 0 Å². The van der Waals surface area contributed by atoms with Crippen molar-refractivity contribution >= 4 is 27.5 Å². The number of hydrogen-bond donors (Lipinski definition) is 0. The quantitative estimate of drug-likeness (QED) is 0.135. The van der Waals surface area contributed by atoms with Crippen LogP contribution < -0.4 is 0 Å². The Hall–Kier alpha value is -9.58. The zero-order valence-corrected chi connectivity index (χ0v) is 38.6. The molecule has 0 N–H and O–H groups in total. The van der Waals surface area contributed by atoms with Crippen LogP contribution in [0.1, 0.15) is 0 Å². The lowest BCUT2D eigenvalue weighted by Gasteiger charge is -2.18. The van der Waals surface area contributed by atoms with Gasteiger partial charge in [-0.25, -0.2) is 4.98 Å². The van der Waals surface area contributed by atoms with Crippen LogP contribution in [0.5, 0.6) is 0 Å². The third-order valence-corrected chi connectivity index (χ3v) is 13.6. The van der Waals surface area contributed by atoms with Gasteiger partial charge in [0.2, 0.25) is 0 Å². The summed E-state index contributed by atoms with van der Waals surface area (Å²) in [6.07, 6.45) is 8.01. The fourth-order valence-electron chi connectivity index (χ4n) is 10.2. The lowest BCUT2D eigenvalue weighted by Crippen LogP contribution is -1.96. The molecular formula is C66H43N5.